The summed E-state index contributed by atoms with van der Waals surface area (Å²) in [5.41, 5.74) is 1.22. The van der Waals surface area contributed by atoms with Gasteiger partial charge < -0.3 is 19.5 Å². The predicted molar refractivity (Wildman–Crippen MR) is 122 cm³/mol. The molecule has 0 spiro atoms. The number of ether oxygens (including phenoxy) is 3. The van der Waals surface area contributed by atoms with Gasteiger partial charge in [0.25, 0.3) is 11.8 Å². The third kappa shape index (κ3) is 4.69. The molecule has 0 atom stereocenters. The molecule has 1 N–H and O–H groups in total. The second kappa shape index (κ2) is 10.3. The highest BCUT2D eigenvalue weighted by molar-refractivity contribution is 7.11. The zero-order chi connectivity index (χ0) is 22.4. The van der Waals surface area contributed by atoms with Crippen LogP contribution in [-0.4, -0.2) is 44.6 Å². The van der Waals surface area contributed by atoms with Crippen molar-refractivity contribution in [1.29, 1.82) is 0 Å². The van der Waals surface area contributed by atoms with E-state index in [-0.39, 0.29) is 17.5 Å². The van der Waals surface area contributed by atoms with Crippen LogP contribution in [0.15, 0.2) is 35.3 Å². The molecule has 2 heterocycles. The van der Waals surface area contributed by atoms with Gasteiger partial charge >= 0.3 is 0 Å². The molecule has 0 saturated heterocycles. The molecule has 2 aromatic rings. The highest BCUT2D eigenvalue weighted by Gasteiger charge is 2.39. The minimum absolute atomic E-state index is 0.261. The van der Waals surface area contributed by atoms with Gasteiger partial charge in [-0.05, 0) is 17.9 Å². The maximum atomic E-state index is 13.2. The van der Waals surface area contributed by atoms with E-state index in [1.165, 1.54) is 37.6 Å². The molecule has 0 radical (unpaired) electrons. The lowest BCUT2D eigenvalue weighted by Gasteiger charge is -2.16. The van der Waals surface area contributed by atoms with Crippen molar-refractivity contribution in [2.24, 2.45) is 0 Å². The zero-order valence-electron chi connectivity index (χ0n) is 18.3. The Morgan fingerprint density at radius 1 is 0.968 bits per heavy atom. The molecule has 166 valence electrons. The Morgan fingerprint density at radius 2 is 1.68 bits per heavy atom. The van der Waals surface area contributed by atoms with Crippen LogP contribution in [0.2, 0.25) is 0 Å². The Kier molecular flexibility index (Phi) is 7.57. The molecule has 0 aliphatic carbocycles. The van der Waals surface area contributed by atoms with Gasteiger partial charge in [0.2, 0.25) is 5.75 Å². The summed E-state index contributed by atoms with van der Waals surface area (Å²) >= 11 is 1.43. The van der Waals surface area contributed by atoms with Gasteiger partial charge in [-0.3, -0.25) is 14.5 Å². The topological polar surface area (TPSA) is 77.1 Å². The van der Waals surface area contributed by atoms with E-state index >= 15 is 0 Å². The number of unbranched alkanes of at least 4 members (excludes halogenated alkanes) is 3. The van der Waals surface area contributed by atoms with Crippen LogP contribution in [0.5, 0.6) is 17.2 Å². The van der Waals surface area contributed by atoms with Gasteiger partial charge in [0.1, 0.15) is 5.70 Å². The second-order valence-electron chi connectivity index (χ2n) is 7.09. The Morgan fingerprint density at radius 3 is 2.23 bits per heavy atom. The van der Waals surface area contributed by atoms with E-state index in [4.69, 9.17) is 14.2 Å². The highest BCUT2D eigenvalue weighted by Crippen LogP contribution is 2.41. The Bertz CT molecular complexity index is 943. The SMILES string of the molecule is CCCCCCN1C(=O)C(Nc2cc(OC)c(OC)c(OC)c2)=C(c2cccs2)C1=O. The molecule has 2 amide bonds. The summed E-state index contributed by atoms with van der Waals surface area (Å²) < 4.78 is 16.2. The summed E-state index contributed by atoms with van der Waals surface area (Å²) in [6.45, 7) is 2.54. The van der Waals surface area contributed by atoms with Gasteiger partial charge in [-0.15, -0.1) is 11.3 Å². The van der Waals surface area contributed by atoms with Gasteiger partial charge in [0.05, 0.1) is 26.9 Å². The fourth-order valence-electron chi connectivity index (χ4n) is 3.54. The first-order valence-corrected chi connectivity index (χ1v) is 11.1. The number of carbonyl (C=O) groups is 2. The van der Waals surface area contributed by atoms with Crippen molar-refractivity contribution in [3.05, 3.63) is 40.2 Å². The molecule has 1 aliphatic heterocycles. The van der Waals surface area contributed by atoms with Crippen molar-refractivity contribution in [3.63, 3.8) is 0 Å². The smallest absolute Gasteiger partial charge is 0.278 e. The van der Waals surface area contributed by atoms with E-state index in [9.17, 15) is 9.59 Å². The molecule has 7 nitrogen and oxygen atoms in total. The molecule has 31 heavy (non-hydrogen) atoms. The zero-order valence-corrected chi connectivity index (χ0v) is 19.1. The number of nitrogens with zero attached hydrogens (tertiary/aromatic N) is 1. The summed E-state index contributed by atoms with van der Waals surface area (Å²) in [6, 6.07) is 7.14. The van der Waals surface area contributed by atoms with Crippen LogP contribution in [0.25, 0.3) is 5.57 Å². The number of thiophene rings is 1. The van der Waals surface area contributed by atoms with E-state index in [0.29, 0.717) is 35.1 Å². The number of rotatable bonds is 11. The van der Waals surface area contributed by atoms with Crippen LogP contribution < -0.4 is 19.5 Å². The number of methoxy groups -OCH3 is 3. The van der Waals surface area contributed by atoms with Crippen LogP contribution in [0.1, 0.15) is 37.5 Å². The number of anilines is 1. The van der Waals surface area contributed by atoms with Crippen LogP contribution in [0.4, 0.5) is 5.69 Å². The minimum Gasteiger partial charge on any atom is -0.493 e. The Labute approximate surface area is 186 Å². The number of imide groups is 1. The number of hydrogen-bond donors (Lipinski definition) is 1. The maximum absolute atomic E-state index is 13.2. The molecular formula is C23H28N2O5S. The lowest BCUT2D eigenvalue weighted by molar-refractivity contribution is -0.136. The van der Waals surface area contributed by atoms with E-state index in [1.807, 2.05) is 17.5 Å². The van der Waals surface area contributed by atoms with Gasteiger partial charge in [0.15, 0.2) is 11.5 Å². The Balaban J connectivity index is 1.96. The summed E-state index contributed by atoms with van der Waals surface area (Å²) in [7, 11) is 4.58. The standard InChI is InChI=1S/C23H28N2O5S/c1-5-6-7-8-11-25-22(26)19(18-10-9-12-31-18)20(23(25)27)24-15-13-16(28-2)21(30-4)17(14-15)29-3/h9-10,12-14,24H,5-8,11H2,1-4H3. The Hall–Kier alpha value is -3.00. The summed E-state index contributed by atoms with van der Waals surface area (Å²) in [5, 5.41) is 5.04. The first-order valence-electron chi connectivity index (χ1n) is 10.3. The molecule has 1 aliphatic rings. The van der Waals surface area contributed by atoms with E-state index in [0.717, 1.165) is 30.6 Å². The highest BCUT2D eigenvalue weighted by atomic mass is 32.1. The molecule has 0 unspecified atom stereocenters. The lowest BCUT2D eigenvalue weighted by Crippen LogP contribution is -2.33. The fourth-order valence-corrected chi connectivity index (χ4v) is 4.31. The molecule has 1 aromatic heterocycles. The molecule has 0 bridgehead atoms. The van der Waals surface area contributed by atoms with Crippen molar-refractivity contribution in [3.8, 4) is 17.2 Å². The molecule has 3 rings (SSSR count). The molecule has 0 saturated carbocycles. The van der Waals surface area contributed by atoms with Crippen molar-refractivity contribution in [2.75, 3.05) is 33.2 Å². The number of benzene rings is 1. The van der Waals surface area contributed by atoms with E-state index < -0.39 is 0 Å². The van der Waals surface area contributed by atoms with Crippen molar-refractivity contribution < 1.29 is 23.8 Å². The molecule has 8 heteroatoms. The van der Waals surface area contributed by atoms with Crippen molar-refractivity contribution in [1.82, 2.24) is 4.90 Å². The van der Waals surface area contributed by atoms with Crippen LogP contribution >= 0.6 is 11.3 Å². The lowest BCUT2D eigenvalue weighted by atomic mass is 10.1. The van der Waals surface area contributed by atoms with Gasteiger partial charge in [-0.25, -0.2) is 0 Å². The monoisotopic (exact) mass is 444 g/mol. The average Bonchev–Trinajstić information content (AvgIpc) is 3.38. The number of carbonyl (C=O) groups excluding carboxylic acids is 2. The summed E-state index contributed by atoms with van der Waals surface area (Å²) in [5.74, 6) is 0.776. The van der Waals surface area contributed by atoms with E-state index in [1.54, 1.807) is 12.1 Å². The van der Waals surface area contributed by atoms with Crippen LogP contribution in [0.3, 0.4) is 0 Å². The van der Waals surface area contributed by atoms with Gasteiger partial charge in [-0.1, -0.05) is 32.3 Å². The molecule has 1 aromatic carbocycles. The van der Waals surface area contributed by atoms with E-state index in [2.05, 4.69) is 12.2 Å². The quantitative estimate of drug-likeness (QED) is 0.405. The summed E-state index contributed by atoms with van der Waals surface area (Å²) in [6.07, 6.45) is 3.95. The molecule has 0 fully saturated rings. The predicted octanol–water partition coefficient (Wildman–Crippen LogP) is 4.55. The largest absolute Gasteiger partial charge is 0.493 e. The normalized spacial score (nSPS) is 13.7. The number of nitrogens with one attached hydrogen (secondary N) is 1. The van der Waals surface area contributed by atoms with Crippen molar-refractivity contribution in [2.45, 2.75) is 32.6 Å². The summed E-state index contributed by atoms with van der Waals surface area (Å²) in [4.78, 5) is 28.5. The first kappa shape index (κ1) is 22.7. The first-order chi connectivity index (χ1) is 15.0. The van der Waals surface area contributed by atoms with Gasteiger partial charge in [-0.2, -0.15) is 0 Å². The average molecular weight is 445 g/mol. The van der Waals surface area contributed by atoms with Crippen LogP contribution in [-0.2, 0) is 9.59 Å². The third-order valence-corrected chi connectivity index (χ3v) is 5.99. The maximum Gasteiger partial charge on any atom is 0.278 e. The van der Waals surface area contributed by atoms with Crippen molar-refractivity contribution >= 4 is 34.4 Å². The van der Waals surface area contributed by atoms with Crippen LogP contribution in [0, 0.1) is 0 Å². The number of amides is 2. The fraction of sp³-hybridized carbons (Fsp3) is 0.391. The second-order valence-corrected chi connectivity index (χ2v) is 8.04. The number of hydrogen-bond acceptors (Lipinski definition) is 7. The van der Waals surface area contributed by atoms with Gasteiger partial charge in [0, 0.05) is 29.2 Å². The third-order valence-electron chi connectivity index (χ3n) is 5.10. The molecular weight excluding hydrogens is 416 g/mol. The minimum atomic E-state index is -0.321.